The van der Waals surface area contributed by atoms with Crippen molar-refractivity contribution in [3.63, 3.8) is 0 Å². The van der Waals surface area contributed by atoms with E-state index in [4.69, 9.17) is 0 Å². The first kappa shape index (κ1) is 20.8. The monoisotopic (exact) mass is 399 g/mol. The predicted octanol–water partition coefficient (Wildman–Crippen LogP) is 2.53. The second-order valence-corrected chi connectivity index (χ2v) is 10.2. The van der Waals surface area contributed by atoms with E-state index in [2.05, 4.69) is 0 Å². The molecule has 0 spiro atoms. The Hall–Kier alpha value is -1.54. The fourth-order valence-electron chi connectivity index (χ4n) is 3.15. The molecule has 0 radical (unpaired) electrons. The van der Waals surface area contributed by atoms with Crippen molar-refractivity contribution >= 4 is 33.5 Å². The number of carboxylic acid groups (broad SMARTS) is 1. The molecule has 26 heavy (non-hydrogen) atoms. The van der Waals surface area contributed by atoms with Gasteiger partial charge in [-0.15, -0.1) is 11.8 Å². The summed E-state index contributed by atoms with van der Waals surface area (Å²) in [6.45, 7) is 5.99. The molecular formula is C18H25NO5S2. The number of sulfone groups is 1. The third kappa shape index (κ3) is 4.59. The smallest absolute Gasteiger partial charge is 0.308 e. The van der Waals surface area contributed by atoms with Crippen LogP contribution in [0.1, 0.15) is 27.2 Å². The maximum Gasteiger partial charge on any atom is 0.308 e. The minimum atomic E-state index is -3.38. The molecule has 1 N–H and O–H groups in total. The van der Waals surface area contributed by atoms with Crippen LogP contribution in [-0.4, -0.2) is 54.4 Å². The first-order valence-electron chi connectivity index (χ1n) is 8.67. The van der Waals surface area contributed by atoms with Crippen LogP contribution in [0.5, 0.6) is 0 Å². The highest BCUT2D eigenvalue weighted by molar-refractivity contribution is 8.01. The van der Waals surface area contributed by atoms with Gasteiger partial charge in [-0.1, -0.05) is 26.0 Å². The quantitative estimate of drug-likeness (QED) is 0.709. The normalized spacial score (nSPS) is 21.6. The van der Waals surface area contributed by atoms with Crippen LogP contribution in [0.3, 0.4) is 0 Å². The van der Waals surface area contributed by atoms with Gasteiger partial charge in [0.1, 0.15) is 0 Å². The molecule has 0 bridgehead atoms. The minimum absolute atomic E-state index is 0.0663. The van der Waals surface area contributed by atoms with Gasteiger partial charge in [0.15, 0.2) is 9.84 Å². The number of rotatable bonds is 7. The van der Waals surface area contributed by atoms with Crippen molar-refractivity contribution in [2.75, 3.05) is 18.8 Å². The third-order valence-corrected chi connectivity index (χ3v) is 7.82. The number of aliphatic carboxylic acids is 1. The zero-order valence-electron chi connectivity index (χ0n) is 15.2. The van der Waals surface area contributed by atoms with Crippen LogP contribution in [0.2, 0.25) is 0 Å². The zero-order chi connectivity index (χ0) is 19.5. The van der Waals surface area contributed by atoms with Gasteiger partial charge in [0, 0.05) is 18.0 Å². The van der Waals surface area contributed by atoms with Gasteiger partial charge in [0.05, 0.1) is 21.8 Å². The van der Waals surface area contributed by atoms with Gasteiger partial charge in [-0.2, -0.15) is 0 Å². The van der Waals surface area contributed by atoms with E-state index >= 15 is 0 Å². The molecule has 1 fully saturated rings. The maximum absolute atomic E-state index is 12.7. The fourth-order valence-corrected chi connectivity index (χ4v) is 6.06. The average molecular weight is 400 g/mol. The topological polar surface area (TPSA) is 91.8 Å². The van der Waals surface area contributed by atoms with E-state index in [9.17, 15) is 23.1 Å². The summed E-state index contributed by atoms with van der Waals surface area (Å²) in [6.07, 6.45) is 0.526. The Bertz CT molecular complexity index is 778. The molecule has 1 aliphatic rings. The van der Waals surface area contributed by atoms with E-state index in [-0.39, 0.29) is 29.0 Å². The Morgan fingerprint density at radius 1 is 1.31 bits per heavy atom. The van der Waals surface area contributed by atoms with Crippen molar-refractivity contribution in [3.8, 4) is 0 Å². The van der Waals surface area contributed by atoms with Crippen LogP contribution < -0.4 is 0 Å². The van der Waals surface area contributed by atoms with E-state index in [1.165, 1.54) is 11.8 Å². The molecule has 2 rings (SSSR count). The molecule has 1 heterocycles. The predicted molar refractivity (Wildman–Crippen MR) is 101 cm³/mol. The number of hydrogen-bond acceptors (Lipinski definition) is 5. The minimum Gasteiger partial charge on any atom is -0.481 e. The number of amides is 1. The van der Waals surface area contributed by atoms with Crippen LogP contribution in [-0.2, 0) is 19.4 Å². The number of nitrogens with zero attached hydrogens (tertiary/aromatic N) is 1. The lowest BCUT2D eigenvalue weighted by Crippen LogP contribution is -2.35. The molecule has 144 valence electrons. The van der Waals surface area contributed by atoms with Crippen LogP contribution >= 0.6 is 11.8 Å². The summed E-state index contributed by atoms with van der Waals surface area (Å²) in [4.78, 5) is 26.3. The van der Waals surface area contributed by atoms with Crippen LogP contribution in [0.25, 0.3) is 0 Å². The highest BCUT2D eigenvalue weighted by Gasteiger charge is 2.38. The largest absolute Gasteiger partial charge is 0.481 e. The number of carbonyl (C=O) groups excluding carboxylic acids is 1. The van der Waals surface area contributed by atoms with Gasteiger partial charge >= 0.3 is 5.97 Å². The third-order valence-electron chi connectivity index (χ3n) is 4.55. The molecule has 0 aromatic heterocycles. The second-order valence-electron chi connectivity index (χ2n) is 6.69. The van der Waals surface area contributed by atoms with Crippen LogP contribution in [0, 0.1) is 11.8 Å². The van der Waals surface area contributed by atoms with Crippen LogP contribution in [0.15, 0.2) is 34.1 Å². The molecule has 6 nitrogen and oxygen atoms in total. The summed E-state index contributed by atoms with van der Waals surface area (Å²) in [5.41, 5.74) is 0. The number of likely N-dealkylation sites (tertiary alicyclic amines) is 1. The SMILES string of the molecule is CCCS(=O)(=O)c1ccccc1SC(C)C(=O)N1C[C@@H](C)[C@H](C(=O)O)C1. The summed E-state index contributed by atoms with van der Waals surface area (Å²) >= 11 is 1.21. The van der Waals surface area contributed by atoms with Crippen molar-refractivity contribution in [2.45, 2.75) is 42.2 Å². The van der Waals surface area contributed by atoms with Crippen molar-refractivity contribution in [3.05, 3.63) is 24.3 Å². The lowest BCUT2D eigenvalue weighted by atomic mass is 9.99. The molecule has 1 aromatic rings. The summed E-state index contributed by atoms with van der Waals surface area (Å²) in [7, 11) is -3.38. The standard InChI is InChI=1S/C18H25NO5S2/c1-4-9-26(23,24)16-8-6-5-7-15(16)25-13(3)17(20)19-10-12(2)14(11-19)18(21)22/h5-8,12-14H,4,9-11H2,1-3H3,(H,21,22)/t12-,13?,14-/m1/s1. The summed E-state index contributed by atoms with van der Waals surface area (Å²) in [5.74, 6) is -1.62. The van der Waals surface area contributed by atoms with E-state index in [1.54, 1.807) is 36.1 Å². The second kappa shape index (κ2) is 8.43. The first-order valence-corrected chi connectivity index (χ1v) is 11.2. The summed E-state index contributed by atoms with van der Waals surface area (Å²) in [5, 5.41) is 8.73. The fraction of sp³-hybridized carbons (Fsp3) is 0.556. The van der Waals surface area contributed by atoms with Crippen LogP contribution in [0.4, 0.5) is 0 Å². The Balaban J connectivity index is 2.15. The number of hydrogen-bond donors (Lipinski definition) is 1. The number of carbonyl (C=O) groups is 2. The molecular weight excluding hydrogens is 374 g/mol. The van der Waals surface area contributed by atoms with Gasteiger partial charge in [-0.05, 0) is 31.4 Å². The summed E-state index contributed by atoms with van der Waals surface area (Å²) < 4.78 is 24.9. The molecule has 1 amide bonds. The highest BCUT2D eigenvalue weighted by atomic mass is 32.2. The van der Waals surface area contributed by atoms with Gasteiger partial charge < -0.3 is 10.0 Å². The van der Waals surface area contributed by atoms with Crippen molar-refractivity contribution in [2.24, 2.45) is 11.8 Å². The molecule has 0 saturated carbocycles. The van der Waals surface area contributed by atoms with Crippen molar-refractivity contribution in [1.29, 1.82) is 0 Å². The van der Waals surface area contributed by atoms with Gasteiger partial charge in [-0.25, -0.2) is 8.42 Å². The molecule has 1 aromatic carbocycles. The number of thioether (sulfide) groups is 1. The average Bonchev–Trinajstić information content (AvgIpc) is 2.96. The number of benzene rings is 1. The van der Waals surface area contributed by atoms with Crippen molar-refractivity contribution < 1.29 is 23.1 Å². The molecule has 3 atom stereocenters. The van der Waals surface area contributed by atoms with E-state index < -0.39 is 27.0 Å². The lowest BCUT2D eigenvalue weighted by molar-refractivity contribution is -0.142. The van der Waals surface area contributed by atoms with E-state index in [0.29, 0.717) is 17.9 Å². The highest BCUT2D eigenvalue weighted by Crippen LogP contribution is 2.33. The van der Waals surface area contributed by atoms with E-state index in [0.717, 1.165) is 0 Å². The Labute approximate surface area is 158 Å². The van der Waals surface area contributed by atoms with Gasteiger partial charge in [0.2, 0.25) is 5.91 Å². The Morgan fingerprint density at radius 3 is 2.54 bits per heavy atom. The molecule has 1 aliphatic heterocycles. The summed E-state index contributed by atoms with van der Waals surface area (Å²) in [6, 6.07) is 6.72. The Kier molecular flexibility index (Phi) is 6.74. The number of carboxylic acids is 1. The van der Waals surface area contributed by atoms with Gasteiger partial charge in [0.25, 0.3) is 0 Å². The maximum atomic E-state index is 12.7. The molecule has 8 heteroatoms. The lowest BCUT2D eigenvalue weighted by Gasteiger charge is -2.21. The van der Waals surface area contributed by atoms with E-state index in [1.807, 2.05) is 13.8 Å². The molecule has 1 unspecified atom stereocenters. The van der Waals surface area contributed by atoms with Crippen molar-refractivity contribution in [1.82, 2.24) is 4.90 Å². The van der Waals surface area contributed by atoms with Gasteiger partial charge in [-0.3, -0.25) is 9.59 Å². The Morgan fingerprint density at radius 2 is 1.96 bits per heavy atom. The molecule has 1 saturated heterocycles. The zero-order valence-corrected chi connectivity index (χ0v) is 16.8. The first-order chi connectivity index (χ1) is 12.2. The molecule has 0 aliphatic carbocycles.